The van der Waals surface area contributed by atoms with E-state index in [0.717, 1.165) is 23.8 Å². The van der Waals surface area contributed by atoms with E-state index in [4.69, 9.17) is 0 Å². The van der Waals surface area contributed by atoms with Gasteiger partial charge in [-0.05, 0) is 50.8 Å². The van der Waals surface area contributed by atoms with Gasteiger partial charge in [-0.25, -0.2) is 8.42 Å². The van der Waals surface area contributed by atoms with Crippen molar-refractivity contribution in [3.05, 3.63) is 36.0 Å². The maximum Gasteiger partial charge on any atom is 0.245 e. The molecule has 1 aliphatic heterocycles. The van der Waals surface area contributed by atoms with Gasteiger partial charge in [0.25, 0.3) is 0 Å². The molecule has 28 heavy (non-hydrogen) atoms. The first-order chi connectivity index (χ1) is 13.3. The average molecular weight is 404 g/mol. The Morgan fingerprint density at radius 2 is 2.11 bits per heavy atom. The average Bonchev–Trinajstić information content (AvgIpc) is 2.67. The number of carbonyl (C=O) groups excluding carboxylic acids is 1. The van der Waals surface area contributed by atoms with Crippen molar-refractivity contribution in [3.8, 4) is 0 Å². The van der Waals surface area contributed by atoms with Gasteiger partial charge in [0.1, 0.15) is 4.90 Å². The van der Waals surface area contributed by atoms with Crippen LogP contribution >= 0.6 is 0 Å². The normalized spacial score (nSPS) is 21.0. The highest BCUT2D eigenvalue weighted by atomic mass is 32.2. The van der Waals surface area contributed by atoms with Crippen molar-refractivity contribution in [3.63, 3.8) is 0 Å². The maximum absolute atomic E-state index is 13.5. The highest BCUT2D eigenvalue weighted by Gasteiger charge is 2.38. The zero-order chi connectivity index (χ0) is 20.3. The van der Waals surface area contributed by atoms with Crippen LogP contribution in [-0.4, -0.2) is 42.7 Å². The van der Waals surface area contributed by atoms with Crippen LogP contribution in [0.15, 0.2) is 35.4 Å². The minimum Gasteiger partial charge on any atom is -0.356 e. The quantitative estimate of drug-likeness (QED) is 0.751. The molecule has 2 atom stereocenters. The van der Waals surface area contributed by atoms with Gasteiger partial charge >= 0.3 is 0 Å². The number of rotatable bonds is 6. The number of para-hydroxylation sites is 1. The number of nitrogens with zero attached hydrogens (tertiary/aromatic N) is 2. The fraction of sp³-hybridized carbons (Fsp3) is 0.524. The van der Waals surface area contributed by atoms with Crippen LogP contribution in [0.25, 0.3) is 10.9 Å². The fourth-order valence-electron chi connectivity index (χ4n) is 3.73. The van der Waals surface area contributed by atoms with Crippen molar-refractivity contribution in [1.82, 2.24) is 14.6 Å². The zero-order valence-electron chi connectivity index (χ0n) is 16.8. The largest absolute Gasteiger partial charge is 0.356 e. The fourth-order valence-corrected chi connectivity index (χ4v) is 5.61. The van der Waals surface area contributed by atoms with Crippen molar-refractivity contribution < 1.29 is 13.2 Å². The van der Waals surface area contributed by atoms with Gasteiger partial charge < -0.3 is 5.32 Å². The summed E-state index contributed by atoms with van der Waals surface area (Å²) in [7, 11) is -3.75. The predicted molar refractivity (Wildman–Crippen MR) is 110 cm³/mol. The monoisotopic (exact) mass is 403 g/mol. The van der Waals surface area contributed by atoms with Crippen molar-refractivity contribution in [2.75, 3.05) is 13.1 Å². The van der Waals surface area contributed by atoms with Crippen molar-refractivity contribution in [1.29, 1.82) is 0 Å². The molecule has 2 unspecified atom stereocenters. The van der Waals surface area contributed by atoms with Crippen LogP contribution in [0.2, 0.25) is 0 Å². The molecule has 0 aliphatic carbocycles. The summed E-state index contributed by atoms with van der Waals surface area (Å²) in [6, 6.07) is 7.02. The minimum atomic E-state index is -3.75. The molecule has 1 aromatic heterocycles. The first-order valence-corrected chi connectivity index (χ1v) is 11.4. The van der Waals surface area contributed by atoms with E-state index in [9.17, 15) is 13.2 Å². The van der Waals surface area contributed by atoms with Gasteiger partial charge in [-0.2, -0.15) is 4.31 Å². The standard InChI is InChI=1S/C21H29N3O3S/c1-4-5-11-22-21(25)18-10-9-16(3)24(14-18)28(26,27)19-8-6-7-17-12-15(2)13-23-20(17)19/h6-8,12-13,16,18H,4-5,9-11,14H2,1-3H3,(H,22,25). The molecule has 0 radical (unpaired) electrons. The van der Waals surface area contributed by atoms with Gasteiger partial charge in [0, 0.05) is 30.7 Å². The topological polar surface area (TPSA) is 79.4 Å². The number of sulfonamides is 1. The van der Waals surface area contributed by atoms with Crippen LogP contribution in [0.3, 0.4) is 0 Å². The first kappa shape index (κ1) is 20.7. The summed E-state index contributed by atoms with van der Waals surface area (Å²) in [6.45, 7) is 6.76. The summed E-state index contributed by atoms with van der Waals surface area (Å²) < 4.78 is 28.4. The van der Waals surface area contributed by atoms with Crippen molar-refractivity contribution >= 4 is 26.8 Å². The lowest BCUT2D eigenvalue weighted by Crippen LogP contribution is -2.49. The van der Waals surface area contributed by atoms with E-state index in [0.29, 0.717) is 24.9 Å². The lowest BCUT2D eigenvalue weighted by atomic mass is 9.94. The summed E-state index contributed by atoms with van der Waals surface area (Å²) in [5.74, 6) is -0.361. The second-order valence-corrected chi connectivity index (χ2v) is 9.54. The van der Waals surface area contributed by atoms with Gasteiger partial charge in [0.05, 0.1) is 11.4 Å². The van der Waals surface area contributed by atoms with Gasteiger partial charge in [-0.3, -0.25) is 9.78 Å². The van der Waals surface area contributed by atoms with E-state index < -0.39 is 10.0 Å². The molecule has 6 nitrogen and oxygen atoms in total. The molecule has 2 heterocycles. The number of amides is 1. The van der Waals surface area contributed by atoms with Gasteiger partial charge in [0.2, 0.25) is 15.9 Å². The number of fused-ring (bicyclic) bond motifs is 1. The van der Waals surface area contributed by atoms with Gasteiger partial charge in [-0.1, -0.05) is 25.5 Å². The van der Waals surface area contributed by atoms with E-state index in [2.05, 4.69) is 17.2 Å². The second-order valence-electron chi connectivity index (χ2n) is 7.68. The number of hydrogen-bond acceptors (Lipinski definition) is 4. The molecule has 0 spiro atoms. The SMILES string of the molecule is CCCCNC(=O)C1CCC(C)N(S(=O)(=O)c2cccc3cc(C)cnc23)C1. The lowest BCUT2D eigenvalue weighted by molar-refractivity contribution is -0.126. The Kier molecular flexibility index (Phi) is 6.35. The van der Waals surface area contributed by atoms with Crippen molar-refractivity contribution in [2.24, 2.45) is 5.92 Å². The smallest absolute Gasteiger partial charge is 0.245 e. The Morgan fingerprint density at radius 1 is 1.32 bits per heavy atom. The Bertz CT molecular complexity index is 959. The van der Waals surface area contributed by atoms with Crippen molar-refractivity contribution in [2.45, 2.75) is 57.4 Å². The van der Waals surface area contributed by atoms with E-state index in [1.54, 1.807) is 18.3 Å². The summed E-state index contributed by atoms with van der Waals surface area (Å²) >= 11 is 0. The lowest BCUT2D eigenvalue weighted by Gasteiger charge is -2.36. The van der Waals surface area contributed by atoms with Crippen LogP contribution in [0.4, 0.5) is 0 Å². The molecular weight excluding hydrogens is 374 g/mol. The van der Waals surface area contributed by atoms with E-state index in [1.807, 2.05) is 26.0 Å². The third-order valence-corrected chi connectivity index (χ3v) is 7.43. The molecule has 1 aliphatic rings. The molecule has 0 saturated carbocycles. The highest BCUT2D eigenvalue weighted by molar-refractivity contribution is 7.89. The first-order valence-electron chi connectivity index (χ1n) is 9.99. The maximum atomic E-state index is 13.5. The predicted octanol–water partition coefficient (Wildman–Crippen LogP) is 3.25. The molecule has 1 fully saturated rings. The molecular formula is C21H29N3O3S. The van der Waals surface area contributed by atoms with Crippen LogP contribution in [0.5, 0.6) is 0 Å². The molecule has 1 aromatic carbocycles. The number of benzene rings is 1. The molecule has 1 amide bonds. The number of aryl methyl sites for hydroxylation is 1. The van der Waals surface area contributed by atoms with Gasteiger partial charge in [0.15, 0.2) is 0 Å². The third kappa shape index (κ3) is 4.20. The zero-order valence-corrected chi connectivity index (χ0v) is 17.6. The molecule has 7 heteroatoms. The molecule has 3 rings (SSSR count). The summed E-state index contributed by atoms with van der Waals surface area (Å²) in [5, 5.41) is 3.75. The number of piperidine rings is 1. The van der Waals surface area contributed by atoms with E-state index in [-0.39, 0.29) is 29.3 Å². The van der Waals surface area contributed by atoms with Crippen LogP contribution < -0.4 is 5.32 Å². The number of aromatic nitrogens is 1. The Balaban J connectivity index is 1.89. The minimum absolute atomic E-state index is 0.0489. The summed E-state index contributed by atoms with van der Waals surface area (Å²) in [4.78, 5) is 17.1. The summed E-state index contributed by atoms with van der Waals surface area (Å²) in [6.07, 6.45) is 5.00. The van der Waals surface area contributed by atoms with Crippen LogP contribution in [0.1, 0.15) is 45.1 Å². The highest BCUT2D eigenvalue weighted by Crippen LogP contribution is 2.31. The second kappa shape index (κ2) is 8.57. The summed E-state index contributed by atoms with van der Waals surface area (Å²) in [5.41, 5.74) is 1.46. The Morgan fingerprint density at radius 3 is 2.86 bits per heavy atom. The number of unbranched alkanes of at least 4 members (excludes halogenated alkanes) is 1. The third-order valence-electron chi connectivity index (χ3n) is 5.42. The number of pyridine rings is 1. The number of nitrogens with one attached hydrogen (secondary N) is 1. The Labute approximate surface area is 167 Å². The molecule has 1 N–H and O–H groups in total. The van der Waals surface area contributed by atoms with E-state index >= 15 is 0 Å². The van der Waals surface area contributed by atoms with E-state index in [1.165, 1.54) is 4.31 Å². The number of carbonyl (C=O) groups is 1. The molecule has 2 aromatic rings. The van der Waals surface area contributed by atoms with Crippen LogP contribution in [0, 0.1) is 12.8 Å². The van der Waals surface area contributed by atoms with Crippen LogP contribution in [-0.2, 0) is 14.8 Å². The molecule has 1 saturated heterocycles. The molecule has 0 bridgehead atoms. The van der Waals surface area contributed by atoms with Gasteiger partial charge in [-0.15, -0.1) is 0 Å². The number of hydrogen-bond donors (Lipinski definition) is 1. The Hall–Kier alpha value is -1.99. The molecule has 152 valence electrons.